The number of ether oxygens (including phenoxy) is 1. The van der Waals surface area contributed by atoms with Crippen LogP contribution in [0, 0.1) is 19.8 Å². The van der Waals surface area contributed by atoms with Gasteiger partial charge in [0.1, 0.15) is 12.0 Å². The molecule has 0 unspecified atom stereocenters. The second kappa shape index (κ2) is 8.24. The van der Waals surface area contributed by atoms with Crippen molar-refractivity contribution in [2.75, 3.05) is 35.6 Å². The molecule has 1 aliphatic heterocycles. The van der Waals surface area contributed by atoms with Gasteiger partial charge >= 0.3 is 5.97 Å². The third-order valence-corrected chi connectivity index (χ3v) is 4.76. The number of benzene rings is 1. The fraction of sp³-hybridized carbons (Fsp3) is 0.450. The normalized spacial score (nSPS) is 14.9. The molecule has 0 atom stereocenters. The minimum Gasteiger partial charge on any atom is -0.466 e. The number of rotatable bonds is 5. The lowest BCUT2D eigenvalue weighted by atomic mass is 9.97. The van der Waals surface area contributed by atoms with Crippen molar-refractivity contribution in [3.05, 3.63) is 35.7 Å². The van der Waals surface area contributed by atoms with Crippen LogP contribution in [0.1, 0.15) is 30.9 Å². The van der Waals surface area contributed by atoms with Gasteiger partial charge in [0.2, 0.25) is 0 Å². The Kier molecular flexibility index (Phi) is 5.78. The Morgan fingerprint density at radius 2 is 1.89 bits per heavy atom. The molecule has 144 valence electrons. The molecular formula is C20H27N5O2. The minimum absolute atomic E-state index is 0.0443. The van der Waals surface area contributed by atoms with Crippen molar-refractivity contribution >= 4 is 29.0 Å². The van der Waals surface area contributed by atoms with Crippen LogP contribution in [0.2, 0.25) is 0 Å². The topological polar surface area (TPSA) is 93.4 Å². The summed E-state index contributed by atoms with van der Waals surface area (Å²) in [5, 5.41) is 3.30. The number of aryl methyl sites for hydroxylation is 2. The molecule has 0 radical (unpaired) electrons. The molecule has 2 heterocycles. The number of nitrogen functional groups attached to an aromatic ring is 1. The van der Waals surface area contributed by atoms with Crippen molar-refractivity contribution in [1.82, 2.24) is 9.97 Å². The number of hydrogen-bond acceptors (Lipinski definition) is 7. The maximum atomic E-state index is 11.9. The highest BCUT2D eigenvalue weighted by Gasteiger charge is 2.27. The Labute approximate surface area is 159 Å². The first-order chi connectivity index (χ1) is 13.0. The molecule has 1 aliphatic rings. The number of nitrogens with two attached hydrogens (primary N) is 1. The van der Waals surface area contributed by atoms with Crippen LogP contribution in [0.3, 0.4) is 0 Å². The van der Waals surface area contributed by atoms with E-state index in [0.29, 0.717) is 37.0 Å². The highest BCUT2D eigenvalue weighted by molar-refractivity contribution is 5.79. The highest BCUT2D eigenvalue weighted by atomic mass is 16.5. The average molecular weight is 369 g/mol. The molecule has 1 aromatic carbocycles. The van der Waals surface area contributed by atoms with Gasteiger partial charge in [-0.25, -0.2) is 9.97 Å². The first kappa shape index (κ1) is 18.9. The summed E-state index contributed by atoms with van der Waals surface area (Å²) in [5.41, 5.74) is 10.2. The van der Waals surface area contributed by atoms with Gasteiger partial charge in [0, 0.05) is 18.8 Å². The quantitative estimate of drug-likeness (QED) is 0.782. The van der Waals surface area contributed by atoms with Crippen molar-refractivity contribution < 1.29 is 9.53 Å². The van der Waals surface area contributed by atoms with Crippen LogP contribution in [0.5, 0.6) is 0 Å². The van der Waals surface area contributed by atoms with E-state index in [1.54, 1.807) is 0 Å². The number of nitrogens with one attached hydrogen (secondary N) is 1. The second-order valence-electron chi connectivity index (χ2n) is 6.97. The zero-order valence-corrected chi connectivity index (χ0v) is 16.2. The fourth-order valence-corrected chi connectivity index (χ4v) is 3.51. The van der Waals surface area contributed by atoms with E-state index in [-0.39, 0.29) is 11.9 Å². The first-order valence-electron chi connectivity index (χ1n) is 9.35. The largest absolute Gasteiger partial charge is 0.466 e. The molecule has 2 aromatic rings. The Balaban J connectivity index is 1.73. The molecule has 1 fully saturated rings. The molecule has 0 aliphatic carbocycles. The first-order valence-corrected chi connectivity index (χ1v) is 9.35. The smallest absolute Gasteiger partial charge is 0.309 e. The summed E-state index contributed by atoms with van der Waals surface area (Å²) in [5.74, 6) is 1.15. The third-order valence-electron chi connectivity index (χ3n) is 4.76. The van der Waals surface area contributed by atoms with Gasteiger partial charge in [-0.1, -0.05) is 6.07 Å². The lowest BCUT2D eigenvalue weighted by Gasteiger charge is -2.32. The monoisotopic (exact) mass is 369 g/mol. The molecular weight excluding hydrogens is 342 g/mol. The Morgan fingerprint density at radius 1 is 1.22 bits per heavy atom. The second-order valence-corrected chi connectivity index (χ2v) is 6.97. The van der Waals surface area contributed by atoms with Crippen molar-refractivity contribution in [1.29, 1.82) is 0 Å². The molecule has 7 heteroatoms. The number of esters is 1. The number of carbonyl (C=O) groups is 1. The summed E-state index contributed by atoms with van der Waals surface area (Å²) in [4.78, 5) is 22.7. The van der Waals surface area contributed by atoms with Crippen molar-refractivity contribution in [3.63, 3.8) is 0 Å². The van der Waals surface area contributed by atoms with Crippen molar-refractivity contribution in [2.45, 2.75) is 33.6 Å². The van der Waals surface area contributed by atoms with Crippen LogP contribution >= 0.6 is 0 Å². The molecule has 0 spiro atoms. The molecule has 0 saturated carbocycles. The predicted octanol–water partition coefficient (Wildman–Crippen LogP) is 3.20. The number of nitrogens with zero attached hydrogens (tertiary/aromatic N) is 3. The summed E-state index contributed by atoms with van der Waals surface area (Å²) >= 11 is 0. The van der Waals surface area contributed by atoms with Gasteiger partial charge in [-0.2, -0.15) is 0 Å². The third kappa shape index (κ3) is 4.48. The van der Waals surface area contributed by atoms with Crippen LogP contribution in [-0.2, 0) is 9.53 Å². The molecule has 3 N–H and O–H groups in total. The molecule has 27 heavy (non-hydrogen) atoms. The summed E-state index contributed by atoms with van der Waals surface area (Å²) in [6.45, 7) is 7.80. The number of piperidine rings is 1. The van der Waals surface area contributed by atoms with Gasteiger partial charge in [0.25, 0.3) is 0 Å². The summed E-state index contributed by atoms with van der Waals surface area (Å²) < 4.78 is 5.13. The van der Waals surface area contributed by atoms with E-state index in [1.807, 2.05) is 6.92 Å². The van der Waals surface area contributed by atoms with Crippen LogP contribution in [0.25, 0.3) is 0 Å². The van der Waals surface area contributed by atoms with Crippen LogP contribution in [0.15, 0.2) is 24.5 Å². The van der Waals surface area contributed by atoms with E-state index >= 15 is 0 Å². The zero-order chi connectivity index (χ0) is 19.4. The van der Waals surface area contributed by atoms with E-state index in [4.69, 9.17) is 10.5 Å². The van der Waals surface area contributed by atoms with E-state index in [2.05, 4.69) is 52.2 Å². The van der Waals surface area contributed by atoms with E-state index in [1.165, 1.54) is 17.5 Å². The van der Waals surface area contributed by atoms with Gasteiger partial charge in [0.15, 0.2) is 11.6 Å². The average Bonchev–Trinajstić information content (AvgIpc) is 2.63. The molecule has 0 bridgehead atoms. The minimum atomic E-state index is -0.106. The van der Waals surface area contributed by atoms with Gasteiger partial charge in [-0.05, 0) is 56.9 Å². The van der Waals surface area contributed by atoms with Crippen LogP contribution in [0.4, 0.5) is 23.0 Å². The van der Waals surface area contributed by atoms with Gasteiger partial charge < -0.3 is 20.7 Å². The molecule has 3 rings (SSSR count). The van der Waals surface area contributed by atoms with Gasteiger partial charge in [0.05, 0.1) is 12.5 Å². The molecule has 0 amide bonds. The standard InChI is InChI=1S/C20H27N5O2/c1-4-27-20(26)15-5-7-25(8-6-15)19-17(21)18(22-12-23-19)24-16-10-13(2)9-14(3)11-16/h9-12,15H,4-8,21H2,1-3H3,(H,22,23,24). The van der Waals surface area contributed by atoms with Crippen molar-refractivity contribution in [2.24, 2.45) is 5.92 Å². The Morgan fingerprint density at radius 3 is 2.52 bits per heavy atom. The summed E-state index contributed by atoms with van der Waals surface area (Å²) in [6.07, 6.45) is 3.00. The van der Waals surface area contributed by atoms with Gasteiger partial charge in [-0.15, -0.1) is 0 Å². The highest BCUT2D eigenvalue weighted by Crippen LogP contribution is 2.31. The van der Waals surface area contributed by atoms with E-state index in [0.717, 1.165) is 18.5 Å². The van der Waals surface area contributed by atoms with Crippen LogP contribution < -0.4 is 16.0 Å². The number of aromatic nitrogens is 2. The van der Waals surface area contributed by atoms with E-state index < -0.39 is 0 Å². The lowest BCUT2D eigenvalue weighted by Crippen LogP contribution is -2.37. The number of hydrogen-bond donors (Lipinski definition) is 2. The van der Waals surface area contributed by atoms with Crippen LogP contribution in [-0.4, -0.2) is 35.6 Å². The maximum absolute atomic E-state index is 11.9. The fourth-order valence-electron chi connectivity index (χ4n) is 3.51. The molecule has 7 nitrogen and oxygen atoms in total. The zero-order valence-electron chi connectivity index (χ0n) is 16.2. The molecule has 1 saturated heterocycles. The lowest BCUT2D eigenvalue weighted by molar-refractivity contribution is -0.148. The van der Waals surface area contributed by atoms with E-state index in [9.17, 15) is 4.79 Å². The SMILES string of the molecule is CCOC(=O)C1CCN(c2ncnc(Nc3cc(C)cc(C)c3)c2N)CC1. The Hall–Kier alpha value is -2.83. The molecule has 1 aromatic heterocycles. The van der Waals surface area contributed by atoms with Crippen molar-refractivity contribution in [3.8, 4) is 0 Å². The maximum Gasteiger partial charge on any atom is 0.309 e. The number of carbonyl (C=O) groups excluding carboxylic acids is 1. The predicted molar refractivity (Wildman–Crippen MR) is 107 cm³/mol. The number of anilines is 4. The summed E-state index contributed by atoms with van der Waals surface area (Å²) in [7, 11) is 0. The summed E-state index contributed by atoms with van der Waals surface area (Å²) in [6, 6.07) is 6.23. The Bertz CT molecular complexity index is 796. The van der Waals surface area contributed by atoms with Gasteiger partial charge in [-0.3, -0.25) is 4.79 Å².